The molecular weight excluding hydrogens is 424 g/mol. The van der Waals surface area contributed by atoms with Gasteiger partial charge in [-0.1, -0.05) is 62.4 Å². The topological polar surface area (TPSA) is 64.4 Å². The molecule has 0 aliphatic heterocycles. The average Bonchev–Trinajstić information content (AvgIpc) is 3.22. The average molecular weight is 457 g/mol. The highest BCUT2D eigenvalue weighted by atomic mass is 16.5. The Labute approximate surface area is 201 Å². The Morgan fingerprint density at radius 1 is 1.00 bits per heavy atom. The van der Waals surface area contributed by atoms with Gasteiger partial charge in [0.15, 0.2) is 0 Å². The highest BCUT2D eigenvalue weighted by Gasteiger charge is 2.15. The van der Waals surface area contributed by atoms with Crippen molar-refractivity contribution in [1.82, 2.24) is 9.55 Å². The molecule has 4 aromatic rings. The molecule has 1 aromatic heterocycles. The van der Waals surface area contributed by atoms with E-state index in [0.717, 1.165) is 41.8 Å². The molecule has 0 amide bonds. The minimum atomic E-state index is -0.0503. The van der Waals surface area contributed by atoms with Crippen LogP contribution in [0.4, 0.5) is 0 Å². The van der Waals surface area contributed by atoms with E-state index in [1.165, 1.54) is 0 Å². The Bertz CT molecular complexity index is 1280. The van der Waals surface area contributed by atoms with E-state index in [0.29, 0.717) is 23.5 Å². The number of fused-ring (bicyclic) bond motifs is 1. The van der Waals surface area contributed by atoms with Gasteiger partial charge in [-0.3, -0.25) is 4.79 Å². The van der Waals surface area contributed by atoms with Crippen LogP contribution >= 0.6 is 0 Å². The molecule has 5 heteroatoms. The molecule has 4 rings (SSSR count). The maximum atomic E-state index is 12.0. The Kier molecular flexibility index (Phi) is 7.31. The predicted molar refractivity (Wildman–Crippen MR) is 136 cm³/mol. The van der Waals surface area contributed by atoms with Gasteiger partial charge in [0.1, 0.15) is 23.1 Å². The van der Waals surface area contributed by atoms with E-state index < -0.39 is 0 Å². The van der Waals surface area contributed by atoms with E-state index in [-0.39, 0.29) is 23.9 Å². The monoisotopic (exact) mass is 456 g/mol. The van der Waals surface area contributed by atoms with Crippen molar-refractivity contribution in [3.63, 3.8) is 0 Å². The summed E-state index contributed by atoms with van der Waals surface area (Å²) < 4.78 is 8.26. The lowest BCUT2D eigenvalue weighted by Crippen LogP contribution is -2.10. The zero-order valence-corrected chi connectivity index (χ0v) is 20.1. The van der Waals surface area contributed by atoms with Gasteiger partial charge in [-0.15, -0.1) is 0 Å². The number of aryl methyl sites for hydroxylation is 1. The molecule has 0 bridgehead atoms. The van der Waals surface area contributed by atoms with Gasteiger partial charge in [0.25, 0.3) is 0 Å². The van der Waals surface area contributed by atoms with Gasteiger partial charge in [0.05, 0.1) is 17.6 Å². The summed E-state index contributed by atoms with van der Waals surface area (Å²) in [5, 5.41) is 10.5. The number of carbonyl (C=O) groups excluding carboxylic acids is 1. The standard InChI is InChI=1S/C29H32N2O3/c1-20(2)26(32)19-23-15-16-27(21(3)28(23)33)34-18-10-9-17-31-25-14-8-7-13-24(25)30-29(31)22-11-5-4-6-12-22/h4-8,11-16,20,33H,9-10,17-19H2,1-3H3. The lowest BCUT2D eigenvalue weighted by Gasteiger charge is -2.14. The summed E-state index contributed by atoms with van der Waals surface area (Å²) >= 11 is 0. The van der Waals surface area contributed by atoms with Crippen LogP contribution < -0.4 is 4.74 Å². The lowest BCUT2D eigenvalue weighted by atomic mass is 9.98. The number of aromatic nitrogens is 2. The fraction of sp³-hybridized carbons (Fsp3) is 0.310. The number of Topliss-reactive ketones (excluding diaryl/α,β-unsaturated/α-hetero) is 1. The zero-order valence-electron chi connectivity index (χ0n) is 20.1. The Hall–Kier alpha value is -3.60. The summed E-state index contributed by atoms with van der Waals surface area (Å²) in [7, 11) is 0. The number of unbranched alkanes of at least 4 members (excludes halogenated alkanes) is 1. The number of hydrogen-bond acceptors (Lipinski definition) is 4. The summed E-state index contributed by atoms with van der Waals surface area (Å²) in [5.41, 5.74) is 4.58. The van der Waals surface area contributed by atoms with E-state index in [4.69, 9.17) is 9.72 Å². The number of para-hydroxylation sites is 2. The quantitative estimate of drug-likeness (QED) is 0.283. The van der Waals surface area contributed by atoms with Gasteiger partial charge in [0.2, 0.25) is 0 Å². The maximum Gasteiger partial charge on any atom is 0.141 e. The van der Waals surface area contributed by atoms with Crippen LogP contribution in [-0.4, -0.2) is 27.0 Å². The third kappa shape index (κ3) is 5.14. The molecule has 176 valence electrons. The molecule has 3 aromatic carbocycles. The van der Waals surface area contributed by atoms with Crippen molar-refractivity contribution >= 4 is 16.8 Å². The van der Waals surface area contributed by atoms with Crippen molar-refractivity contribution in [3.05, 3.63) is 77.9 Å². The number of nitrogens with zero attached hydrogens (tertiary/aromatic N) is 2. The molecule has 0 atom stereocenters. The third-order valence-corrected chi connectivity index (χ3v) is 6.19. The molecule has 1 N–H and O–H groups in total. The highest BCUT2D eigenvalue weighted by Crippen LogP contribution is 2.31. The van der Waals surface area contributed by atoms with Gasteiger partial charge in [-0.2, -0.15) is 0 Å². The minimum absolute atomic E-state index is 0.0503. The van der Waals surface area contributed by atoms with Crippen molar-refractivity contribution in [1.29, 1.82) is 0 Å². The molecule has 0 radical (unpaired) electrons. The first kappa shape index (κ1) is 23.6. The predicted octanol–water partition coefficient (Wildman–Crippen LogP) is 6.34. The lowest BCUT2D eigenvalue weighted by molar-refractivity contribution is -0.121. The number of benzene rings is 3. The largest absolute Gasteiger partial charge is 0.507 e. The van der Waals surface area contributed by atoms with Crippen LogP contribution in [-0.2, 0) is 17.8 Å². The van der Waals surface area contributed by atoms with Crippen LogP contribution in [0.5, 0.6) is 11.5 Å². The number of aromatic hydroxyl groups is 1. The molecule has 0 unspecified atom stereocenters. The fourth-order valence-corrected chi connectivity index (χ4v) is 4.09. The molecule has 5 nitrogen and oxygen atoms in total. The third-order valence-electron chi connectivity index (χ3n) is 6.19. The normalized spacial score (nSPS) is 11.3. The Balaban J connectivity index is 1.38. The van der Waals surface area contributed by atoms with E-state index >= 15 is 0 Å². The molecule has 0 saturated carbocycles. The summed E-state index contributed by atoms with van der Waals surface area (Å²) in [4.78, 5) is 16.9. The van der Waals surface area contributed by atoms with Crippen LogP contribution in [0.2, 0.25) is 0 Å². The molecule has 0 spiro atoms. The molecule has 0 aliphatic carbocycles. The van der Waals surface area contributed by atoms with Gasteiger partial charge < -0.3 is 14.4 Å². The van der Waals surface area contributed by atoms with Crippen LogP contribution in [0, 0.1) is 12.8 Å². The van der Waals surface area contributed by atoms with Crippen molar-refractivity contribution in [3.8, 4) is 22.9 Å². The summed E-state index contributed by atoms with van der Waals surface area (Å²) in [6.07, 6.45) is 2.05. The summed E-state index contributed by atoms with van der Waals surface area (Å²) in [6.45, 7) is 6.97. The second-order valence-corrected chi connectivity index (χ2v) is 8.99. The van der Waals surface area contributed by atoms with Crippen molar-refractivity contribution in [2.45, 2.75) is 46.6 Å². The summed E-state index contributed by atoms with van der Waals surface area (Å²) in [6, 6.07) is 22.2. The molecule has 0 fully saturated rings. The summed E-state index contributed by atoms with van der Waals surface area (Å²) in [5.74, 6) is 1.87. The first-order chi connectivity index (χ1) is 16.5. The minimum Gasteiger partial charge on any atom is -0.507 e. The van der Waals surface area contributed by atoms with Gasteiger partial charge in [-0.25, -0.2) is 4.98 Å². The van der Waals surface area contributed by atoms with E-state index in [2.05, 4.69) is 28.8 Å². The van der Waals surface area contributed by atoms with E-state index in [9.17, 15) is 9.90 Å². The number of rotatable bonds is 10. The second-order valence-electron chi connectivity index (χ2n) is 8.99. The maximum absolute atomic E-state index is 12.0. The second kappa shape index (κ2) is 10.6. The number of phenolic OH excluding ortho intramolecular Hbond substituents is 1. The first-order valence-electron chi connectivity index (χ1n) is 11.9. The smallest absolute Gasteiger partial charge is 0.141 e. The number of phenols is 1. The molecule has 1 heterocycles. The van der Waals surface area contributed by atoms with E-state index in [1.807, 2.05) is 57.2 Å². The number of ketones is 1. The van der Waals surface area contributed by atoms with Crippen LogP contribution in [0.25, 0.3) is 22.4 Å². The first-order valence-corrected chi connectivity index (χ1v) is 11.9. The van der Waals surface area contributed by atoms with Crippen molar-refractivity contribution in [2.24, 2.45) is 5.92 Å². The number of imidazole rings is 1. The molecule has 0 saturated heterocycles. The zero-order chi connectivity index (χ0) is 24.1. The van der Waals surface area contributed by atoms with E-state index in [1.54, 1.807) is 6.07 Å². The van der Waals surface area contributed by atoms with Gasteiger partial charge in [0, 0.05) is 35.6 Å². The number of carbonyl (C=O) groups is 1. The molecule has 0 aliphatic rings. The number of ether oxygens (including phenoxy) is 1. The SMILES string of the molecule is Cc1c(OCCCCn2c(-c3ccccc3)nc3ccccc32)ccc(CC(=O)C(C)C)c1O. The van der Waals surface area contributed by atoms with Gasteiger partial charge in [-0.05, 0) is 38.0 Å². The van der Waals surface area contributed by atoms with Crippen molar-refractivity contribution < 1.29 is 14.6 Å². The fourth-order valence-electron chi connectivity index (χ4n) is 4.09. The Morgan fingerprint density at radius 2 is 1.74 bits per heavy atom. The molecule has 34 heavy (non-hydrogen) atoms. The van der Waals surface area contributed by atoms with Gasteiger partial charge >= 0.3 is 0 Å². The Morgan fingerprint density at radius 3 is 2.50 bits per heavy atom. The number of hydrogen-bond donors (Lipinski definition) is 1. The van der Waals surface area contributed by atoms with Crippen LogP contribution in [0.1, 0.15) is 37.8 Å². The van der Waals surface area contributed by atoms with Crippen molar-refractivity contribution in [2.75, 3.05) is 6.61 Å². The van der Waals surface area contributed by atoms with Crippen LogP contribution in [0.15, 0.2) is 66.7 Å². The molecular formula is C29H32N2O3. The van der Waals surface area contributed by atoms with Crippen LogP contribution in [0.3, 0.4) is 0 Å². The highest BCUT2D eigenvalue weighted by molar-refractivity contribution is 5.83.